The molecule has 0 spiro atoms. The fourth-order valence-electron chi connectivity index (χ4n) is 1.83. The molecule has 1 atom stereocenters. The van der Waals surface area contributed by atoms with Crippen LogP contribution in [0.3, 0.4) is 0 Å². The Morgan fingerprint density at radius 3 is 3.05 bits per heavy atom. The number of hydrogen-bond acceptors (Lipinski definition) is 5. The number of carbonyl (C=O) groups is 1. The first-order valence-corrected chi connectivity index (χ1v) is 6.77. The molecule has 2 aromatic rings. The van der Waals surface area contributed by atoms with Crippen LogP contribution in [0, 0.1) is 5.92 Å². The minimum Gasteiger partial charge on any atom is -0.485 e. The van der Waals surface area contributed by atoms with Crippen molar-refractivity contribution in [3.63, 3.8) is 0 Å². The molecule has 0 aliphatic heterocycles. The largest absolute Gasteiger partial charge is 0.485 e. The van der Waals surface area contributed by atoms with Crippen LogP contribution in [-0.2, 0) is 17.9 Å². The van der Waals surface area contributed by atoms with Gasteiger partial charge in [0.05, 0.1) is 0 Å². The molecule has 112 valence electrons. The van der Waals surface area contributed by atoms with E-state index < -0.39 is 5.97 Å². The van der Waals surface area contributed by atoms with Gasteiger partial charge in [0.15, 0.2) is 5.82 Å². The predicted molar refractivity (Wildman–Crippen MR) is 75.0 cm³/mol. The quantitative estimate of drug-likeness (QED) is 0.841. The van der Waals surface area contributed by atoms with Gasteiger partial charge in [-0.3, -0.25) is 4.79 Å². The summed E-state index contributed by atoms with van der Waals surface area (Å²) in [6.07, 6.45) is 0.0639. The molecule has 0 amide bonds. The van der Waals surface area contributed by atoms with Crippen LogP contribution >= 0.6 is 11.6 Å². The predicted octanol–water partition coefficient (Wildman–Crippen LogP) is 2.02. The Kier molecular flexibility index (Phi) is 5.10. The molecule has 1 unspecified atom stereocenters. The van der Waals surface area contributed by atoms with Gasteiger partial charge in [-0.1, -0.05) is 24.6 Å². The number of rotatable bonds is 7. The molecule has 8 heteroatoms. The normalized spacial score (nSPS) is 12.1. The van der Waals surface area contributed by atoms with Crippen molar-refractivity contribution in [3.8, 4) is 5.75 Å². The van der Waals surface area contributed by atoms with Crippen molar-refractivity contribution in [2.75, 3.05) is 0 Å². The van der Waals surface area contributed by atoms with E-state index in [1.165, 1.54) is 0 Å². The summed E-state index contributed by atoms with van der Waals surface area (Å²) in [6, 6.07) is 7.03. The zero-order valence-electron chi connectivity index (χ0n) is 11.4. The van der Waals surface area contributed by atoms with E-state index in [-0.39, 0.29) is 18.9 Å². The molecular formula is C13H15ClN4O3. The Bertz CT molecular complexity index is 617. The lowest BCUT2D eigenvalue weighted by molar-refractivity contribution is -0.138. The second kappa shape index (κ2) is 7.03. The highest BCUT2D eigenvalue weighted by Crippen LogP contribution is 2.18. The first-order chi connectivity index (χ1) is 10.0. The van der Waals surface area contributed by atoms with Crippen molar-refractivity contribution in [2.45, 2.75) is 26.5 Å². The molecule has 0 saturated carbocycles. The highest BCUT2D eigenvalue weighted by atomic mass is 35.5. The molecule has 0 aliphatic rings. The van der Waals surface area contributed by atoms with E-state index in [0.717, 1.165) is 0 Å². The Hall–Kier alpha value is -2.15. The van der Waals surface area contributed by atoms with Crippen LogP contribution in [0.4, 0.5) is 0 Å². The molecule has 1 aromatic heterocycles. The van der Waals surface area contributed by atoms with Gasteiger partial charge in [-0.15, -0.1) is 5.10 Å². The molecule has 0 saturated heterocycles. The lowest BCUT2D eigenvalue weighted by Gasteiger charge is -2.10. The van der Waals surface area contributed by atoms with Crippen LogP contribution in [0.25, 0.3) is 0 Å². The van der Waals surface area contributed by atoms with E-state index in [4.69, 9.17) is 21.4 Å². The SMILES string of the molecule is CC(CC(=O)O)Cn1nnnc1COc1cccc(Cl)c1. The summed E-state index contributed by atoms with van der Waals surface area (Å²) in [5.74, 6) is 0.242. The van der Waals surface area contributed by atoms with E-state index in [9.17, 15) is 4.79 Å². The van der Waals surface area contributed by atoms with E-state index in [1.807, 2.05) is 6.92 Å². The van der Waals surface area contributed by atoms with E-state index in [2.05, 4.69) is 15.5 Å². The van der Waals surface area contributed by atoms with Gasteiger partial charge in [0, 0.05) is 18.0 Å². The number of tetrazole rings is 1. The van der Waals surface area contributed by atoms with E-state index >= 15 is 0 Å². The number of halogens is 1. The van der Waals surface area contributed by atoms with Gasteiger partial charge >= 0.3 is 5.97 Å². The average Bonchev–Trinajstić information content (AvgIpc) is 2.82. The second-order valence-electron chi connectivity index (χ2n) is 4.73. The van der Waals surface area contributed by atoms with Crippen molar-refractivity contribution in [1.29, 1.82) is 0 Å². The third kappa shape index (κ3) is 4.71. The number of hydrogen-bond donors (Lipinski definition) is 1. The monoisotopic (exact) mass is 310 g/mol. The first-order valence-electron chi connectivity index (χ1n) is 6.40. The molecule has 0 fully saturated rings. The zero-order valence-corrected chi connectivity index (χ0v) is 12.2. The van der Waals surface area contributed by atoms with Crippen LogP contribution in [0.2, 0.25) is 5.02 Å². The molecule has 7 nitrogen and oxygen atoms in total. The minimum atomic E-state index is -0.840. The summed E-state index contributed by atoms with van der Waals surface area (Å²) >= 11 is 5.87. The zero-order chi connectivity index (χ0) is 15.2. The van der Waals surface area contributed by atoms with E-state index in [1.54, 1.807) is 28.9 Å². The topological polar surface area (TPSA) is 90.1 Å². The Labute approximate surface area is 126 Å². The maximum Gasteiger partial charge on any atom is 0.303 e. The van der Waals surface area contributed by atoms with Crippen molar-refractivity contribution in [2.24, 2.45) is 5.92 Å². The number of aromatic nitrogens is 4. The van der Waals surface area contributed by atoms with Crippen molar-refractivity contribution < 1.29 is 14.6 Å². The number of benzene rings is 1. The summed E-state index contributed by atoms with van der Waals surface area (Å²) in [5.41, 5.74) is 0. The van der Waals surface area contributed by atoms with Gasteiger partial charge in [-0.2, -0.15) is 0 Å². The molecule has 1 aromatic carbocycles. The number of carboxylic acid groups (broad SMARTS) is 1. The Balaban J connectivity index is 1.95. The summed E-state index contributed by atoms with van der Waals surface area (Å²) < 4.78 is 7.12. The van der Waals surface area contributed by atoms with Crippen LogP contribution < -0.4 is 4.74 Å². The second-order valence-corrected chi connectivity index (χ2v) is 5.16. The van der Waals surface area contributed by atoms with Gasteiger partial charge < -0.3 is 9.84 Å². The van der Waals surface area contributed by atoms with Crippen LogP contribution in [0.1, 0.15) is 19.2 Å². The van der Waals surface area contributed by atoms with Crippen LogP contribution in [0.15, 0.2) is 24.3 Å². The molecule has 0 aliphatic carbocycles. The van der Waals surface area contributed by atoms with Gasteiger partial charge in [-0.25, -0.2) is 4.68 Å². The standard InChI is InChI=1S/C13H15ClN4O3/c1-9(5-13(19)20)7-18-12(15-16-17-18)8-21-11-4-2-3-10(14)6-11/h2-4,6,9H,5,7-8H2,1H3,(H,19,20). The first kappa shape index (κ1) is 15.2. The number of carboxylic acids is 1. The highest BCUT2D eigenvalue weighted by Gasteiger charge is 2.13. The molecule has 1 heterocycles. The highest BCUT2D eigenvalue weighted by molar-refractivity contribution is 6.30. The van der Waals surface area contributed by atoms with Gasteiger partial charge in [0.1, 0.15) is 12.4 Å². The molecule has 21 heavy (non-hydrogen) atoms. The summed E-state index contributed by atoms with van der Waals surface area (Å²) in [7, 11) is 0. The fourth-order valence-corrected chi connectivity index (χ4v) is 2.01. The maximum atomic E-state index is 10.7. The average molecular weight is 311 g/mol. The van der Waals surface area contributed by atoms with Crippen molar-refractivity contribution in [3.05, 3.63) is 35.1 Å². The molecular weight excluding hydrogens is 296 g/mol. The van der Waals surface area contributed by atoms with Gasteiger partial charge in [0.2, 0.25) is 0 Å². The third-order valence-corrected chi connectivity index (χ3v) is 3.01. The fraction of sp³-hybridized carbons (Fsp3) is 0.385. The Morgan fingerprint density at radius 2 is 2.33 bits per heavy atom. The maximum absolute atomic E-state index is 10.7. The molecule has 0 radical (unpaired) electrons. The number of ether oxygens (including phenoxy) is 1. The molecule has 2 rings (SSSR count). The smallest absolute Gasteiger partial charge is 0.303 e. The minimum absolute atomic E-state index is 0.0639. The number of aliphatic carboxylic acids is 1. The number of nitrogens with zero attached hydrogens (tertiary/aromatic N) is 4. The lowest BCUT2D eigenvalue weighted by atomic mass is 10.1. The molecule has 0 bridgehead atoms. The Morgan fingerprint density at radius 1 is 1.52 bits per heavy atom. The summed E-state index contributed by atoms with van der Waals surface area (Å²) in [5, 5.41) is 20.7. The van der Waals surface area contributed by atoms with E-state index in [0.29, 0.717) is 23.1 Å². The van der Waals surface area contributed by atoms with Crippen LogP contribution in [-0.4, -0.2) is 31.3 Å². The summed E-state index contributed by atoms with van der Waals surface area (Å²) in [6.45, 7) is 2.44. The van der Waals surface area contributed by atoms with Crippen molar-refractivity contribution in [1.82, 2.24) is 20.2 Å². The molecule has 1 N–H and O–H groups in total. The van der Waals surface area contributed by atoms with Gasteiger partial charge in [0.25, 0.3) is 0 Å². The third-order valence-electron chi connectivity index (χ3n) is 2.78. The van der Waals surface area contributed by atoms with Crippen molar-refractivity contribution >= 4 is 17.6 Å². The lowest BCUT2D eigenvalue weighted by Crippen LogP contribution is -2.16. The summed E-state index contributed by atoms with van der Waals surface area (Å²) in [4.78, 5) is 10.7. The van der Waals surface area contributed by atoms with Gasteiger partial charge in [-0.05, 0) is 34.5 Å². The van der Waals surface area contributed by atoms with Crippen LogP contribution in [0.5, 0.6) is 5.75 Å².